The van der Waals surface area contributed by atoms with E-state index in [1.807, 2.05) is 13.8 Å². The fourth-order valence-electron chi connectivity index (χ4n) is 1.99. The van der Waals surface area contributed by atoms with Crippen LogP contribution in [0.15, 0.2) is 0 Å². The van der Waals surface area contributed by atoms with Crippen LogP contribution in [0.1, 0.15) is 46.0 Å². The first-order chi connectivity index (χ1) is 8.06. The number of carbonyl (C=O) groups excluding carboxylic acids is 4. The van der Waals surface area contributed by atoms with Gasteiger partial charge in [0, 0.05) is 12.8 Å². The minimum atomic E-state index is -0.371. The van der Waals surface area contributed by atoms with Crippen molar-refractivity contribution in [2.24, 2.45) is 5.41 Å². The maximum Gasteiger partial charge on any atom is 0.373 e. The predicted molar refractivity (Wildman–Crippen MR) is 57.8 cm³/mol. The summed E-state index contributed by atoms with van der Waals surface area (Å²) in [4.78, 5) is 39.1. The van der Waals surface area contributed by atoms with Gasteiger partial charge in [0.15, 0.2) is 0 Å². The van der Waals surface area contributed by atoms with Gasteiger partial charge in [0.2, 0.25) is 0 Å². The van der Waals surface area contributed by atoms with E-state index in [1.165, 1.54) is 0 Å². The Morgan fingerprint density at radius 2 is 1.76 bits per heavy atom. The first kappa shape index (κ1) is 15.5. The monoisotopic (exact) mass is 242 g/mol. The van der Waals surface area contributed by atoms with Crippen molar-refractivity contribution >= 4 is 17.9 Å². The molecule has 1 aliphatic carbocycles. The molecule has 0 aromatic rings. The Balaban J connectivity index is 0.000000770. The van der Waals surface area contributed by atoms with Crippen LogP contribution in [0.25, 0.3) is 0 Å². The number of hydrogen-bond donors (Lipinski definition) is 0. The van der Waals surface area contributed by atoms with E-state index in [2.05, 4.69) is 0 Å². The molecule has 0 atom stereocenters. The molecule has 1 aliphatic rings. The third-order valence-corrected chi connectivity index (χ3v) is 3.15. The second kappa shape index (κ2) is 7.74. The fraction of sp³-hybridized carbons (Fsp3) is 0.750. The van der Waals surface area contributed by atoms with Crippen LogP contribution >= 0.6 is 0 Å². The molecule has 0 aliphatic heterocycles. The number of ether oxygens (including phenoxy) is 1. The van der Waals surface area contributed by atoms with Gasteiger partial charge in [0.1, 0.15) is 5.78 Å². The van der Waals surface area contributed by atoms with Crippen LogP contribution in [-0.4, -0.2) is 24.5 Å². The average Bonchev–Trinajstić information content (AvgIpc) is 2.32. The van der Waals surface area contributed by atoms with Crippen LogP contribution in [0.2, 0.25) is 0 Å². The highest BCUT2D eigenvalue weighted by Gasteiger charge is 2.40. The van der Waals surface area contributed by atoms with Gasteiger partial charge in [-0.15, -0.1) is 0 Å². The van der Waals surface area contributed by atoms with Crippen LogP contribution in [0.5, 0.6) is 0 Å². The third-order valence-electron chi connectivity index (χ3n) is 3.15. The van der Waals surface area contributed by atoms with Crippen molar-refractivity contribution in [1.29, 1.82) is 0 Å². The lowest BCUT2D eigenvalue weighted by Gasteiger charge is -2.33. The quantitative estimate of drug-likeness (QED) is 0.701. The Kier molecular flexibility index (Phi) is 7.06. The summed E-state index contributed by atoms with van der Waals surface area (Å²) in [5.74, 6) is 0.161. The van der Waals surface area contributed by atoms with Gasteiger partial charge >= 0.3 is 12.1 Å². The normalized spacial score (nSPS) is 17.4. The molecule has 96 valence electrons. The number of hydrogen-bond acceptors (Lipinski definition) is 5. The van der Waals surface area contributed by atoms with Crippen molar-refractivity contribution in [2.45, 2.75) is 46.0 Å². The predicted octanol–water partition coefficient (Wildman–Crippen LogP) is 1.51. The summed E-state index contributed by atoms with van der Waals surface area (Å²) >= 11 is 0. The fourth-order valence-corrected chi connectivity index (χ4v) is 1.99. The van der Waals surface area contributed by atoms with Crippen molar-refractivity contribution in [3.63, 3.8) is 0 Å². The highest BCUT2D eigenvalue weighted by atomic mass is 16.5. The summed E-state index contributed by atoms with van der Waals surface area (Å²) in [5, 5.41) is 0. The van der Waals surface area contributed by atoms with Gasteiger partial charge in [0.05, 0.1) is 12.0 Å². The molecule has 0 amide bonds. The van der Waals surface area contributed by atoms with Gasteiger partial charge < -0.3 is 4.74 Å². The van der Waals surface area contributed by atoms with Gasteiger partial charge in [-0.05, 0) is 26.2 Å². The largest absolute Gasteiger partial charge is 0.466 e. The molecule has 0 heterocycles. The van der Waals surface area contributed by atoms with E-state index in [1.54, 1.807) is 0 Å². The maximum absolute atomic E-state index is 11.7. The topological polar surface area (TPSA) is 77.5 Å². The molecular formula is C12H18O5. The second-order valence-electron chi connectivity index (χ2n) is 3.98. The van der Waals surface area contributed by atoms with Gasteiger partial charge in [-0.1, -0.05) is 6.92 Å². The lowest BCUT2D eigenvalue weighted by atomic mass is 9.72. The van der Waals surface area contributed by atoms with Gasteiger partial charge in [-0.3, -0.25) is 9.59 Å². The third kappa shape index (κ3) is 4.49. The molecule has 5 nitrogen and oxygen atoms in total. The average molecular weight is 242 g/mol. The van der Waals surface area contributed by atoms with E-state index < -0.39 is 0 Å². The van der Waals surface area contributed by atoms with Crippen LogP contribution in [-0.2, 0) is 23.9 Å². The Bertz CT molecular complexity index is 292. The first-order valence-electron chi connectivity index (χ1n) is 5.74. The lowest BCUT2D eigenvalue weighted by molar-refractivity contribution is -0.191. The summed E-state index contributed by atoms with van der Waals surface area (Å²) in [6.45, 7) is 4.23. The van der Waals surface area contributed by atoms with Crippen molar-refractivity contribution < 1.29 is 23.9 Å². The zero-order chi connectivity index (χ0) is 13.3. The Morgan fingerprint density at radius 3 is 2.12 bits per heavy atom. The second-order valence-corrected chi connectivity index (χ2v) is 3.98. The van der Waals surface area contributed by atoms with E-state index in [4.69, 9.17) is 14.3 Å². The van der Waals surface area contributed by atoms with Crippen LogP contribution in [0.3, 0.4) is 0 Å². The molecule has 0 N–H and O–H groups in total. The van der Waals surface area contributed by atoms with Crippen LogP contribution in [0, 0.1) is 5.41 Å². The molecule has 17 heavy (non-hydrogen) atoms. The number of carbonyl (C=O) groups is 2. The van der Waals surface area contributed by atoms with Crippen LogP contribution in [0.4, 0.5) is 0 Å². The van der Waals surface area contributed by atoms with E-state index in [9.17, 15) is 9.59 Å². The Labute approximate surface area is 101 Å². The highest BCUT2D eigenvalue weighted by Crippen LogP contribution is 2.38. The minimum Gasteiger partial charge on any atom is -0.466 e. The molecule has 0 aromatic heterocycles. The number of Topliss-reactive ketones (excluding diaryl/α,β-unsaturated/α-hetero) is 1. The number of rotatable bonds is 3. The van der Waals surface area contributed by atoms with E-state index in [0.29, 0.717) is 32.3 Å². The Hall–Kier alpha value is -1.48. The molecule has 1 rings (SSSR count). The highest BCUT2D eigenvalue weighted by molar-refractivity contribution is 5.84. The zero-order valence-electron chi connectivity index (χ0n) is 10.3. The molecule has 1 saturated carbocycles. The van der Waals surface area contributed by atoms with E-state index >= 15 is 0 Å². The summed E-state index contributed by atoms with van der Waals surface area (Å²) in [5.41, 5.74) is -0.371. The Morgan fingerprint density at radius 1 is 1.29 bits per heavy atom. The van der Waals surface area contributed by atoms with Gasteiger partial charge in [-0.25, -0.2) is 0 Å². The molecule has 0 radical (unpaired) electrons. The molecule has 0 unspecified atom stereocenters. The van der Waals surface area contributed by atoms with E-state index in [-0.39, 0.29) is 23.3 Å². The summed E-state index contributed by atoms with van der Waals surface area (Å²) in [6, 6.07) is 0. The van der Waals surface area contributed by atoms with Gasteiger partial charge in [-0.2, -0.15) is 9.59 Å². The molecule has 0 spiro atoms. The smallest absolute Gasteiger partial charge is 0.373 e. The molecule has 0 saturated heterocycles. The summed E-state index contributed by atoms with van der Waals surface area (Å²) < 4.78 is 5.06. The zero-order valence-corrected chi connectivity index (χ0v) is 10.3. The summed E-state index contributed by atoms with van der Waals surface area (Å²) in [6.07, 6.45) is 3.43. The molecule has 0 aromatic carbocycles. The van der Waals surface area contributed by atoms with Crippen molar-refractivity contribution in [3.8, 4) is 0 Å². The molecule has 0 bridgehead atoms. The molecule has 1 fully saturated rings. The lowest BCUT2D eigenvalue weighted by Crippen LogP contribution is -2.36. The van der Waals surface area contributed by atoms with Crippen molar-refractivity contribution in [3.05, 3.63) is 0 Å². The van der Waals surface area contributed by atoms with Gasteiger partial charge in [0.25, 0.3) is 0 Å². The SMILES string of the molecule is CCOC(=O)C1(CC)CCC(=O)CC1.O=C=O. The van der Waals surface area contributed by atoms with E-state index in [0.717, 1.165) is 6.42 Å². The minimum absolute atomic E-state index is 0.116. The maximum atomic E-state index is 11.7. The van der Waals surface area contributed by atoms with Crippen LogP contribution < -0.4 is 0 Å². The summed E-state index contributed by atoms with van der Waals surface area (Å²) in [7, 11) is 0. The first-order valence-corrected chi connectivity index (χ1v) is 5.74. The molecule has 5 heteroatoms. The van der Waals surface area contributed by atoms with Crippen molar-refractivity contribution in [1.82, 2.24) is 0 Å². The molecular weight excluding hydrogens is 224 g/mol. The standard InChI is InChI=1S/C11H18O3.CO2/c1-3-11(10(13)14-4-2)7-5-9(12)6-8-11;2-1-3/h3-8H2,1-2H3;. The number of esters is 1. The van der Waals surface area contributed by atoms with Crippen molar-refractivity contribution in [2.75, 3.05) is 6.61 Å². The number of ketones is 1.